The molecule has 0 radical (unpaired) electrons. The highest BCUT2D eigenvalue weighted by Gasteiger charge is 2.17. The van der Waals surface area contributed by atoms with Gasteiger partial charge in [0, 0.05) is 18.8 Å². The van der Waals surface area contributed by atoms with Crippen LogP contribution < -0.4 is 15.4 Å². The van der Waals surface area contributed by atoms with Crippen LogP contribution in [-0.4, -0.2) is 33.8 Å². The summed E-state index contributed by atoms with van der Waals surface area (Å²) in [5.41, 5.74) is 2.20. The fourth-order valence-electron chi connectivity index (χ4n) is 3.38. The third-order valence-corrected chi connectivity index (χ3v) is 5.01. The van der Waals surface area contributed by atoms with Gasteiger partial charge in [0.2, 0.25) is 5.88 Å². The standard InChI is InChI=1S/C22H25N5O2.ClH/c1-2-16-5-3-7-19(13-16)29-21-9-8-17(14-24-21)25-22(28)20-10-12-27(26-20)18-6-4-11-23-15-18;/h3,5,7-10,12-14,18,23H,2,4,6,11,15H2,1H3,(H,25,28);1H. The van der Waals surface area contributed by atoms with Crippen molar-refractivity contribution in [2.24, 2.45) is 0 Å². The van der Waals surface area contributed by atoms with Gasteiger partial charge < -0.3 is 15.4 Å². The van der Waals surface area contributed by atoms with E-state index in [9.17, 15) is 4.79 Å². The van der Waals surface area contributed by atoms with Gasteiger partial charge in [0.15, 0.2) is 5.69 Å². The molecule has 2 N–H and O–H groups in total. The molecule has 2 aromatic heterocycles. The van der Waals surface area contributed by atoms with Gasteiger partial charge in [-0.2, -0.15) is 5.10 Å². The first-order valence-corrected chi connectivity index (χ1v) is 10.0. The molecule has 30 heavy (non-hydrogen) atoms. The van der Waals surface area contributed by atoms with Gasteiger partial charge in [-0.25, -0.2) is 4.98 Å². The molecular weight excluding hydrogens is 402 g/mol. The summed E-state index contributed by atoms with van der Waals surface area (Å²) < 4.78 is 7.67. The smallest absolute Gasteiger partial charge is 0.276 e. The predicted octanol–water partition coefficient (Wildman–Crippen LogP) is 4.23. The van der Waals surface area contributed by atoms with Gasteiger partial charge in [0.1, 0.15) is 5.75 Å². The number of aryl methyl sites for hydroxylation is 1. The number of anilines is 1. The van der Waals surface area contributed by atoms with E-state index in [2.05, 4.69) is 33.7 Å². The summed E-state index contributed by atoms with van der Waals surface area (Å²) in [4.78, 5) is 16.8. The highest BCUT2D eigenvalue weighted by Crippen LogP contribution is 2.22. The summed E-state index contributed by atoms with van der Waals surface area (Å²) in [7, 11) is 0. The maximum atomic E-state index is 12.5. The quantitative estimate of drug-likeness (QED) is 0.615. The molecule has 1 saturated heterocycles. The summed E-state index contributed by atoms with van der Waals surface area (Å²) in [5.74, 6) is 0.973. The Labute approximate surface area is 182 Å². The zero-order chi connectivity index (χ0) is 20.1. The number of benzene rings is 1. The molecule has 158 valence electrons. The molecule has 0 bridgehead atoms. The molecular formula is C22H26ClN5O2. The van der Waals surface area contributed by atoms with E-state index in [0.717, 1.165) is 38.1 Å². The van der Waals surface area contributed by atoms with Crippen molar-refractivity contribution in [1.82, 2.24) is 20.1 Å². The van der Waals surface area contributed by atoms with Crippen LogP contribution in [0.3, 0.4) is 0 Å². The number of hydrogen-bond acceptors (Lipinski definition) is 5. The molecule has 3 aromatic rings. The number of hydrogen-bond donors (Lipinski definition) is 2. The van der Waals surface area contributed by atoms with Crippen LogP contribution in [-0.2, 0) is 6.42 Å². The van der Waals surface area contributed by atoms with Gasteiger partial charge in [0.25, 0.3) is 5.91 Å². The zero-order valence-electron chi connectivity index (χ0n) is 16.9. The van der Waals surface area contributed by atoms with E-state index >= 15 is 0 Å². The Kier molecular flexibility index (Phi) is 7.43. The fraction of sp³-hybridized carbons (Fsp3) is 0.318. The number of aromatic nitrogens is 3. The molecule has 1 aromatic carbocycles. The molecule has 1 aliphatic heterocycles. The van der Waals surface area contributed by atoms with Crippen LogP contribution >= 0.6 is 12.4 Å². The number of rotatable bonds is 6. The van der Waals surface area contributed by atoms with Gasteiger partial charge in [-0.3, -0.25) is 9.48 Å². The first-order chi connectivity index (χ1) is 14.2. The average molecular weight is 428 g/mol. The molecule has 0 spiro atoms. The second-order valence-corrected chi connectivity index (χ2v) is 7.12. The Balaban J connectivity index is 0.00000256. The molecule has 1 aliphatic rings. The maximum absolute atomic E-state index is 12.5. The molecule has 4 rings (SSSR count). The second-order valence-electron chi connectivity index (χ2n) is 7.12. The fourth-order valence-corrected chi connectivity index (χ4v) is 3.38. The Morgan fingerprint density at radius 3 is 2.93 bits per heavy atom. The minimum Gasteiger partial charge on any atom is -0.439 e. The van der Waals surface area contributed by atoms with Crippen molar-refractivity contribution in [3.05, 3.63) is 66.1 Å². The van der Waals surface area contributed by atoms with Gasteiger partial charge in [-0.15, -0.1) is 12.4 Å². The summed E-state index contributed by atoms with van der Waals surface area (Å²) >= 11 is 0. The van der Waals surface area contributed by atoms with Gasteiger partial charge in [0.05, 0.1) is 17.9 Å². The number of carbonyl (C=O) groups excluding carboxylic acids is 1. The molecule has 1 fully saturated rings. The van der Waals surface area contributed by atoms with Crippen molar-refractivity contribution in [2.45, 2.75) is 32.2 Å². The number of halogens is 1. The van der Waals surface area contributed by atoms with Crippen LogP contribution in [0.15, 0.2) is 54.9 Å². The number of piperidine rings is 1. The predicted molar refractivity (Wildman–Crippen MR) is 119 cm³/mol. The second kappa shape index (κ2) is 10.2. The molecule has 0 saturated carbocycles. The molecule has 0 aliphatic carbocycles. The number of pyridine rings is 1. The lowest BCUT2D eigenvalue weighted by Gasteiger charge is -2.22. The van der Waals surface area contributed by atoms with E-state index in [1.54, 1.807) is 24.4 Å². The highest BCUT2D eigenvalue weighted by molar-refractivity contribution is 6.02. The number of amides is 1. The maximum Gasteiger partial charge on any atom is 0.276 e. The number of nitrogens with one attached hydrogen (secondary N) is 2. The van der Waals surface area contributed by atoms with Crippen molar-refractivity contribution < 1.29 is 9.53 Å². The van der Waals surface area contributed by atoms with Crippen molar-refractivity contribution in [2.75, 3.05) is 18.4 Å². The van der Waals surface area contributed by atoms with Gasteiger partial charge >= 0.3 is 0 Å². The molecule has 8 heteroatoms. The average Bonchev–Trinajstić information content (AvgIpc) is 3.26. The van der Waals surface area contributed by atoms with Crippen molar-refractivity contribution >= 4 is 24.0 Å². The summed E-state index contributed by atoms with van der Waals surface area (Å²) in [6.45, 7) is 4.03. The van der Waals surface area contributed by atoms with Crippen LogP contribution in [0.4, 0.5) is 5.69 Å². The Bertz CT molecular complexity index is 968. The van der Waals surface area contributed by atoms with E-state index in [4.69, 9.17) is 4.74 Å². The Morgan fingerprint density at radius 1 is 1.30 bits per heavy atom. The van der Waals surface area contributed by atoms with E-state index in [-0.39, 0.29) is 18.3 Å². The van der Waals surface area contributed by atoms with Crippen LogP contribution in [0.1, 0.15) is 41.9 Å². The van der Waals surface area contributed by atoms with Crippen LogP contribution in [0, 0.1) is 0 Å². The van der Waals surface area contributed by atoms with Crippen molar-refractivity contribution in [1.29, 1.82) is 0 Å². The first kappa shape index (κ1) is 21.8. The lowest BCUT2D eigenvalue weighted by atomic mass is 10.1. The minimum atomic E-state index is -0.251. The third kappa shape index (κ3) is 5.37. The Hall–Kier alpha value is -2.90. The molecule has 7 nitrogen and oxygen atoms in total. The summed E-state index contributed by atoms with van der Waals surface area (Å²) in [6.07, 6.45) is 6.59. The Morgan fingerprint density at radius 2 is 2.20 bits per heavy atom. The topological polar surface area (TPSA) is 81.1 Å². The van der Waals surface area contributed by atoms with E-state index in [1.165, 1.54) is 5.56 Å². The zero-order valence-corrected chi connectivity index (χ0v) is 17.7. The van der Waals surface area contributed by atoms with E-state index < -0.39 is 0 Å². The van der Waals surface area contributed by atoms with Crippen LogP contribution in [0.25, 0.3) is 0 Å². The summed E-state index contributed by atoms with van der Waals surface area (Å²) in [5, 5.41) is 10.6. The number of nitrogens with zero attached hydrogens (tertiary/aromatic N) is 3. The summed E-state index contributed by atoms with van der Waals surface area (Å²) in [6, 6.07) is 13.5. The van der Waals surface area contributed by atoms with Crippen LogP contribution in [0.2, 0.25) is 0 Å². The number of ether oxygens (including phenoxy) is 1. The van der Waals surface area contributed by atoms with Crippen molar-refractivity contribution in [3.8, 4) is 11.6 Å². The van der Waals surface area contributed by atoms with E-state index in [1.807, 2.05) is 29.1 Å². The normalized spacial score (nSPS) is 15.8. The largest absolute Gasteiger partial charge is 0.439 e. The molecule has 3 heterocycles. The van der Waals surface area contributed by atoms with Crippen molar-refractivity contribution in [3.63, 3.8) is 0 Å². The SMILES string of the molecule is CCc1cccc(Oc2ccc(NC(=O)c3ccn(C4CCCNC4)n3)cn2)c1.Cl. The molecule has 1 unspecified atom stereocenters. The highest BCUT2D eigenvalue weighted by atomic mass is 35.5. The monoisotopic (exact) mass is 427 g/mol. The molecule has 1 amide bonds. The lowest BCUT2D eigenvalue weighted by Crippen LogP contribution is -2.32. The van der Waals surface area contributed by atoms with Crippen LogP contribution in [0.5, 0.6) is 11.6 Å². The minimum absolute atomic E-state index is 0. The third-order valence-electron chi connectivity index (χ3n) is 5.01. The van der Waals surface area contributed by atoms with Gasteiger partial charge in [-0.1, -0.05) is 19.1 Å². The first-order valence-electron chi connectivity index (χ1n) is 10.0. The van der Waals surface area contributed by atoms with Gasteiger partial charge in [-0.05, 0) is 55.6 Å². The molecule has 1 atom stereocenters. The lowest BCUT2D eigenvalue weighted by molar-refractivity contribution is 0.102. The number of carbonyl (C=O) groups is 1. The van der Waals surface area contributed by atoms with E-state index in [0.29, 0.717) is 23.3 Å².